The standard InChI is InChI=1S/C30H29Cl3N4O2/c31-25-4-3-20(12-26(25)32)2-1-9-36-10-6-30(7-11-36)19-37(27-15-23-18-39-17-22(23)14-24(27)30)29(38)35-16-21-5-8-34-28(33)13-21/h1-5,8,12-15H,6-7,9-11,16-19H2,(H,35,38)/b2-1+. The number of benzene rings is 2. The summed E-state index contributed by atoms with van der Waals surface area (Å²) in [5.74, 6) is 0. The Morgan fingerprint density at radius 3 is 2.59 bits per heavy atom. The number of ether oxygens (including phenoxy) is 1. The number of carbonyl (C=O) groups excluding carboxylic acids is 1. The highest BCUT2D eigenvalue weighted by atomic mass is 35.5. The van der Waals surface area contributed by atoms with E-state index >= 15 is 0 Å². The SMILES string of the molecule is O=C(NCc1ccnc(Cl)c1)N1CC2(CCN(C/C=C/c3ccc(Cl)c(Cl)c3)CC2)c2cc3c(cc21)COC3. The van der Waals surface area contributed by atoms with Gasteiger partial charge in [-0.15, -0.1) is 0 Å². The van der Waals surface area contributed by atoms with E-state index in [2.05, 4.69) is 39.5 Å². The van der Waals surface area contributed by atoms with Gasteiger partial charge in [-0.3, -0.25) is 9.80 Å². The molecular weight excluding hydrogens is 555 g/mol. The Kier molecular flexibility index (Phi) is 7.58. The Bertz CT molecular complexity index is 1440. The number of likely N-dealkylation sites (tertiary alicyclic amines) is 1. The smallest absolute Gasteiger partial charge is 0.322 e. The molecule has 3 aliphatic heterocycles. The predicted octanol–water partition coefficient (Wildman–Crippen LogP) is 6.85. The Labute approximate surface area is 243 Å². The van der Waals surface area contributed by atoms with Crippen molar-refractivity contribution in [1.29, 1.82) is 0 Å². The van der Waals surface area contributed by atoms with Gasteiger partial charge in [0.05, 0.1) is 23.3 Å². The van der Waals surface area contributed by atoms with Crippen molar-refractivity contribution in [2.45, 2.75) is 38.0 Å². The molecule has 202 valence electrons. The van der Waals surface area contributed by atoms with Crippen molar-refractivity contribution < 1.29 is 9.53 Å². The number of carbonyl (C=O) groups is 1. The van der Waals surface area contributed by atoms with Gasteiger partial charge >= 0.3 is 6.03 Å². The zero-order chi connectivity index (χ0) is 27.0. The van der Waals surface area contributed by atoms with Gasteiger partial charge in [0.25, 0.3) is 0 Å². The van der Waals surface area contributed by atoms with Gasteiger partial charge in [-0.25, -0.2) is 9.78 Å². The first-order valence-electron chi connectivity index (χ1n) is 13.1. The third-order valence-electron chi connectivity index (χ3n) is 8.07. The van der Waals surface area contributed by atoms with Crippen molar-refractivity contribution in [2.75, 3.05) is 31.1 Å². The van der Waals surface area contributed by atoms with E-state index in [-0.39, 0.29) is 11.4 Å². The summed E-state index contributed by atoms with van der Waals surface area (Å²) >= 11 is 18.2. The molecule has 1 spiro atoms. The second-order valence-electron chi connectivity index (χ2n) is 10.5. The van der Waals surface area contributed by atoms with E-state index in [4.69, 9.17) is 39.5 Å². The number of anilines is 1. The molecule has 2 amide bonds. The van der Waals surface area contributed by atoms with Crippen molar-refractivity contribution in [1.82, 2.24) is 15.2 Å². The van der Waals surface area contributed by atoms with Crippen molar-refractivity contribution in [3.63, 3.8) is 0 Å². The molecule has 0 radical (unpaired) electrons. The first kappa shape index (κ1) is 26.6. The molecule has 39 heavy (non-hydrogen) atoms. The fraction of sp³-hybridized carbons (Fsp3) is 0.333. The molecule has 1 N–H and O–H groups in total. The molecule has 0 bridgehead atoms. The van der Waals surface area contributed by atoms with Gasteiger partial charge in [0.15, 0.2) is 0 Å². The molecule has 3 aliphatic rings. The average Bonchev–Trinajstić information content (AvgIpc) is 3.52. The van der Waals surface area contributed by atoms with E-state index in [9.17, 15) is 4.79 Å². The lowest BCUT2D eigenvalue weighted by molar-refractivity contribution is 0.134. The quantitative estimate of drug-likeness (QED) is 0.334. The fourth-order valence-corrected chi connectivity index (χ4v) is 6.39. The van der Waals surface area contributed by atoms with E-state index in [1.165, 1.54) is 16.7 Å². The Morgan fingerprint density at radius 2 is 1.82 bits per heavy atom. The van der Waals surface area contributed by atoms with Crippen molar-refractivity contribution in [3.8, 4) is 0 Å². The number of piperidine rings is 1. The number of urea groups is 1. The minimum Gasteiger partial charge on any atom is -0.372 e. The molecule has 1 saturated heterocycles. The summed E-state index contributed by atoms with van der Waals surface area (Å²) in [5, 5.41) is 4.64. The monoisotopic (exact) mass is 582 g/mol. The Hall–Kier alpha value is -2.61. The summed E-state index contributed by atoms with van der Waals surface area (Å²) in [7, 11) is 0. The number of hydrogen-bond donors (Lipinski definition) is 1. The van der Waals surface area contributed by atoms with Crippen LogP contribution >= 0.6 is 34.8 Å². The zero-order valence-corrected chi connectivity index (χ0v) is 23.7. The van der Waals surface area contributed by atoms with Gasteiger partial charge in [0.1, 0.15) is 5.15 Å². The van der Waals surface area contributed by atoms with Crippen LogP contribution in [0.15, 0.2) is 54.7 Å². The van der Waals surface area contributed by atoms with E-state index in [1.54, 1.807) is 12.3 Å². The maximum atomic E-state index is 13.5. The lowest BCUT2D eigenvalue weighted by Gasteiger charge is -2.39. The highest BCUT2D eigenvalue weighted by molar-refractivity contribution is 6.42. The molecule has 9 heteroatoms. The van der Waals surface area contributed by atoms with Gasteiger partial charge in [-0.1, -0.05) is 59.1 Å². The largest absolute Gasteiger partial charge is 0.372 e. The maximum Gasteiger partial charge on any atom is 0.322 e. The zero-order valence-electron chi connectivity index (χ0n) is 21.4. The summed E-state index contributed by atoms with van der Waals surface area (Å²) in [6.07, 6.45) is 7.90. The number of halogens is 3. The Balaban J connectivity index is 1.16. The van der Waals surface area contributed by atoms with Crippen LogP contribution in [0.25, 0.3) is 6.08 Å². The molecule has 0 saturated carbocycles. The number of rotatable bonds is 5. The highest BCUT2D eigenvalue weighted by Crippen LogP contribution is 2.48. The van der Waals surface area contributed by atoms with Crippen LogP contribution in [0.3, 0.4) is 0 Å². The summed E-state index contributed by atoms with van der Waals surface area (Å²) in [4.78, 5) is 21.9. The fourth-order valence-electron chi connectivity index (χ4n) is 5.89. The second kappa shape index (κ2) is 11.1. The average molecular weight is 584 g/mol. The second-order valence-corrected chi connectivity index (χ2v) is 11.7. The van der Waals surface area contributed by atoms with Crippen molar-refractivity contribution >= 4 is 52.6 Å². The first-order valence-corrected chi connectivity index (χ1v) is 14.3. The van der Waals surface area contributed by atoms with Gasteiger partial charge in [0.2, 0.25) is 0 Å². The molecule has 4 heterocycles. The van der Waals surface area contributed by atoms with Crippen LogP contribution in [0, 0.1) is 0 Å². The number of nitrogens with one attached hydrogen (secondary N) is 1. The molecule has 0 aliphatic carbocycles. The summed E-state index contributed by atoms with van der Waals surface area (Å²) in [6.45, 7) is 5.10. The van der Waals surface area contributed by atoms with Crippen LogP contribution in [-0.4, -0.2) is 42.1 Å². The molecule has 6 nitrogen and oxygen atoms in total. The number of amides is 2. The molecule has 1 fully saturated rings. The third kappa shape index (κ3) is 5.54. The summed E-state index contributed by atoms with van der Waals surface area (Å²) < 4.78 is 5.72. The van der Waals surface area contributed by atoms with E-state index in [0.29, 0.717) is 41.5 Å². The number of hydrogen-bond acceptors (Lipinski definition) is 4. The van der Waals surface area contributed by atoms with Crippen LogP contribution < -0.4 is 10.2 Å². The molecule has 6 rings (SSSR count). The first-order chi connectivity index (χ1) is 18.9. The van der Waals surface area contributed by atoms with Crippen LogP contribution in [-0.2, 0) is 29.9 Å². The highest BCUT2D eigenvalue weighted by Gasteiger charge is 2.47. The molecular formula is C30H29Cl3N4O2. The molecule has 0 unspecified atom stereocenters. The molecule has 2 aromatic carbocycles. The van der Waals surface area contributed by atoms with Crippen molar-refractivity contribution in [3.05, 3.63) is 97.8 Å². The van der Waals surface area contributed by atoms with E-state index in [0.717, 1.165) is 49.3 Å². The number of fused-ring (bicyclic) bond motifs is 3. The van der Waals surface area contributed by atoms with Crippen LogP contribution in [0.5, 0.6) is 0 Å². The predicted molar refractivity (Wildman–Crippen MR) is 157 cm³/mol. The van der Waals surface area contributed by atoms with E-state index in [1.807, 2.05) is 29.2 Å². The third-order valence-corrected chi connectivity index (χ3v) is 9.01. The lowest BCUT2D eigenvalue weighted by Crippen LogP contribution is -2.47. The van der Waals surface area contributed by atoms with Crippen LogP contribution in [0.1, 0.15) is 40.7 Å². The molecule has 3 aromatic rings. The van der Waals surface area contributed by atoms with Crippen molar-refractivity contribution in [2.24, 2.45) is 0 Å². The summed E-state index contributed by atoms with van der Waals surface area (Å²) in [5.41, 5.74) is 6.60. The van der Waals surface area contributed by atoms with Crippen LogP contribution in [0.4, 0.5) is 10.5 Å². The summed E-state index contributed by atoms with van der Waals surface area (Å²) in [6, 6.07) is 13.7. The van der Waals surface area contributed by atoms with Gasteiger partial charge in [-0.05, 0) is 84.1 Å². The number of nitrogens with zero attached hydrogens (tertiary/aromatic N) is 3. The minimum absolute atomic E-state index is 0.0613. The van der Waals surface area contributed by atoms with Gasteiger partial charge in [-0.2, -0.15) is 0 Å². The number of pyridine rings is 1. The molecule has 0 atom stereocenters. The lowest BCUT2D eigenvalue weighted by atomic mass is 9.73. The van der Waals surface area contributed by atoms with Gasteiger partial charge in [0, 0.05) is 36.9 Å². The Morgan fingerprint density at radius 1 is 1.03 bits per heavy atom. The number of aromatic nitrogens is 1. The maximum absolute atomic E-state index is 13.5. The van der Waals surface area contributed by atoms with Gasteiger partial charge < -0.3 is 10.1 Å². The minimum atomic E-state index is -0.0908. The molecule has 1 aromatic heterocycles. The normalized spacial score (nSPS) is 18.1. The van der Waals surface area contributed by atoms with E-state index < -0.39 is 0 Å². The van der Waals surface area contributed by atoms with Crippen LogP contribution in [0.2, 0.25) is 15.2 Å². The topological polar surface area (TPSA) is 57.7 Å².